The number of aryl methyl sites for hydroxylation is 2. The van der Waals surface area contributed by atoms with Gasteiger partial charge in [0.2, 0.25) is 41.1 Å². The van der Waals surface area contributed by atoms with Crippen molar-refractivity contribution >= 4 is 13.6 Å². The van der Waals surface area contributed by atoms with Gasteiger partial charge in [-0.2, -0.15) is 8.78 Å². The number of hydrogen-bond donors (Lipinski definition) is 5. The van der Waals surface area contributed by atoms with Crippen molar-refractivity contribution < 1.29 is 89.6 Å². The van der Waals surface area contributed by atoms with Gasteiger partial charge in [0.1, 0.15) is 24.1 Å². The van der Waals surface area contributed by atoms with Gasteiger partial charge < -0.3 is 58.3 Å². The van der Waals surface area contributed by atoms with E-state index in [9.17, 15) is 56.4 Å². The van der Waals surface area contributed by atoms with Crippen LogP contribution in [0.4, 0.5) is 22.0 Å². The van der Waals surface area contributed by atoms with Crippen LogP contribution in [0.25, 0.3) is 11.1 Å². The standard InChI is InChI=1S/C42H51F5N3O14P/c43-33-34(44)36(46)41(37(47)35(33)45)64-32(51)12-15-58-17-19-60-21-22-61-20-18-59-16-14-50-25-29(48-49-50)7-2-1-4-26-5-3-6-28(24-26)27-8-10-30(11-9-27)62-42-40(54)39(53)38(52)31(63-42)13-23-65(55,56)57/h3,5-6,8-11,24-25,31,38-40,42,52-54H,1-2,4,7,12-23H2,(H2,55,56,57)/t31-,38-,39+,40+,42+/m1/s1. The van der Waals surface area contributed by atoms with Gasteiger partial charge in [-0.05, 0) is 60.9 Å². The number of carbonyl (C=O) groups excluding carboxylic acids is 1. The molecule has 1 fully saturated rings. The minimum Gasteiger partial charge on any atom is -0.462 e. The number of aliphatic hydroxyl groups is 3. The van der Waals surface area contributed by atoms with Crippen molar-refractivity contribution in [1.29, 1.82) is 0 Å². The third-order valence-electron chi connectivity index (χ3n) is 9.89. The van der Waals surface area contributed by atoms with Crippen LogP contribution in [0.1, 0.15) is 36.9 Å². The lowest BCUT2D eigenvalue weighted by atomic mass is 9.97. The number of aliphatic hydroxyl groups excluding tert-OH is 3. The SMILES string of the molecule is O=C(CCOCCOCCOCCOCCn1cc(CCCCc2cccc(-c3ccc(O[C@H]4O[C@H](CCP(=O)(O)O)[C@@H](O)[C@H](O)[C@@H]4O)cc3)c2)nn1)Oc1c(F)c(F)c(F)c(F)c1F. The van der Waals surface area contributed by atoms with Crippen LogP contribution in [0.2, 0.25) is 0 Å². The average Bonchev–Trinajstić information content (AvgIpc) is 3.75. The fourth-order valence-electron chi connectivity index (χ4n) is 6.43. The minimum absolute atomic E-state index is 0.0582. The average molecular weight is 948 g/mol. The number of hydrogen-bond acceptors (Lipinski definition) is 14. The van der Waals surface area contributed by atoms with Crippen molar-refractivity contribution in [2.24, 2.45) is 0 Å². The number of halogens is 5. The largest absolute Gasteiger partial charge is 0.462 e. The van der Waals surface area contributed by atoms with Crippen LogP contribution in [0.15, 0.2) is 54.7 Å². The summed E-state index contributed by atoms with van der Waals surface area (Å²) in [5.74, 6) is -13.9. The Morgan fingerprint density at radius 3 is 1.97 bits per heavy atom. The molecule has 1 aliphatic heterocycles. The number of nitrogens with zero attached hydrogens (tertiary/aromatic N) is 3. The Labute approximate surface area is 370 Å². The molecule has 0 aliphatic carbocycles. The second-order valence-corrected chi connectivity index (χ2v) is 16.6. The molecule has 358 valence electrons. The van der Waals surface area contributed by atoms with Crippen LogP contribution in [-0.4, -0.2) is 136 Å². The van der Waals surface area contributed by atoms with Crippen molar-refractivity contribution in [2.45, 2.75) is 75.8 Å². The Hall–Kier alpha value is -4.45. The molecular weight excluding hydrogens is 896 g/mol. The highest BCUT2D eigenvalue weighted by molar-refractivity contribution is 7.51. The second kappa shape index (κ2) is 25.5. The smallest absolute Gasteiger partial charge is 0.325 e. The number of esters is 1. The third kappa shape index (κ3) is 16.1. The summed E-state index contributed by atoms with van der Waals surface area (Å²) in [6.07, 6.45) is -3.28. The maximum Gasteiger partial charge on any atom is 0.325 e. The van der Waals surface area contributed by atoms with E-state index in [1.807, 2.05) is 30.5 Å². The normalized spacial score (nSPS) is 18.8. The third-order valence-corrected chi connectivity index (χ3v) is 10.7. The molecule has 0 unspecified atom stereocenters. The number of carbonyl (C=O) groups is 1. The van der Waals surface area contributed by atoms with E-state index in [1.165, 1.54) is 0 Å². The van der Waals surface area contributed by atoms with Gasteiger partial charge in [-0.15, -0.1) is 5.10 Å². The van der Waals surface area contributed by atoms with Crippen molar-refractivity contribution in [3.8, 4) is 22.6 Å². The summed E-state index contributed by atoms with van der Waals surface area (Å²) in [5.41, 5.74) is 3.92. The zero-order valence-electron chi connectivity index (χ0n) is 35.0. The molecule has 5 rings (SSSR count). The Bertz CT molecular complexity index is 2140. The molecular formula is C42H51F5N3O14P. The summed E-state index contributed by atoms with van der Waals surface area (Å²) in [5, 5.41) is 39.3. The lowest BCUT2D eigenvalue weighted by Gasteiger charge is -2.40. The van der Waals surface area contributed by atoms with Crippen molar-refractivity contribution in [2.75, 3.05) is 59.0 Å². The van der Waals surface area contributed by atoms with E-state index in [0.717, 1.165) is 48.1 Å². The first kappa shape index (κ1) is 51.5. The molecule has 0 bridgehead atoms. The van der Waals surface area contributed by atoms with Crippen LogP contribution in [0.3, 0.4) is 0 Å². The highest BCUT2D eigenvalue weighted by Crippen LogP contribution is 2.37. The van der Waals surface area contributed by atoms with E-state index < -0.39 is 91.7 Å². The van der Waals surface area contributed by atoms with Gasteiger partial charge in [0.15, 0.2) is 0 Å². The fourth-order valence-corrected chi connectivity index (χ4v) is 7.02. The van der Waals surface area contributed by atoms with E-state index in [2.05, 4.69) is 27.2 Å². The predicted octanol–water partition coefficient (Wildman–Crippen LogP) is 4.02. The molecule has 4 aromatic rings. The molecule has 5 N–H and O–H groups in total. The molecule has 23 heteroatoms. The molecule has 1 saturated heterocycles. The van der Waals surface area contributed by atoms with Gasteiger partial charge in [0, 0.05) is 6.20 Å². The topological polar surface area (TPSA) is 231 Å². The lowest BCUT2D eigenvalue weighted by molar-refractivity contribution is -0.272. The molecule has 0 radical (unpaired) electrons. The van der Waals surface area contributed by atoms with E-state index in [1.54, 1.807) is 16.8 Å². The Morgan fingerprint density at radius 2 is 1.32 bits per heavy atom. The summed E-state index contributed by atoms with van der Waals surface area (Å²) in [6.45, 7) is 2.07. The summed E-state index contributed by atoms with van der Waals surface area (Å²) in [6, 6.07) is 15.1. The zero-order valence-corrected chi connectivity index (χ0v) is 35.9. The predicted molar refractivity (Wildman–Crippen MR) is 217 cm³/mol. The molecule has 2 heterocycles. The quantitative estimate of drug-likeness (QED) is 0.0108. The number of benzene rings is 3. The molecule has 1 aromatic heterocycles. The molecule has 0 amide bonds. The molecule has 1 aliphatic rings. The Morgan fingerprint density at radius 1 is 0.723 bits per heavy atom. The summed E-state index contributed by atoms with van der Waals surface area (Å²) >= 11 is 0. The maximum absolute atomic E-state index is 13.6. The summed E-state index contributed by atoms with van der Waals surface area (Å²) < 4.78 is 117. The van der Waals surface area contributed by atoms with Crippen LogP contribution in [0, 0.1) is 29.1 Å². The lowest BCUT2D eigenvalue weighted by Crippen LogP contribution is -2.59. The van der Waals surface area contributed by atoms with Crippen molar-refractivity contribution in [1.82, 2.24) is 15.0 Å². The highest BCUT2D eigenvalue weighted by Gasteiger charge is 2.45. The van der Waals surface area contributed by atoms with Crippen LogP contribution >= 0.6 is 7.60 Å². The van der Waals surface area contributed by atoms with E-state index in [4.69, 9.17) is 28.4 Å². The van der Waals surface area contributed by atoms with Gasteiger partial charge in [0.05, 0.1) is 83.8 Å². The summed E-state index contributed by atoms with van der Waals surface area (Å²) in [4.78, 5) is 30.1. The van der Waals surface area contributed by atoms with Gasteiger partial charge in [-0.3, -0.25) is 9.36 Å². The first-order valence-corrected chi connectivity index (χ1v) is 22.4. The van der Waals surface area contributed by atoms with E-state index in [0.29, 0.717) is 32.1 Å². The van der Waals surface area contributed by atoms with E-state index in [-0.39, 0.29) is 39.5 Å². The minimum atomic E-state index is -4.37. The van der Waals surface area contributed by atoms with Crippen molar-refractivity contribution in [3.63, 3.8) is 0 Å². The van der Waals surface area contributed by atoms with Crippen LogP contribution in [-0.2, 0) is 52.4 Å². The number of unbranched alkanes of at least 4 members (excludes halogenated alkanes) is 1. The zero-order chi connectivity index (χ0) is 46.9. The van der Waals surface area contributed by atoms with Gasteiger partial charge in [0.25, 0.3) is 0 Å². The maximum atomic E-state index is 13.6. The molecule has 17 nitrogen and oxygen atoms in total. The number of ether oxygens (including phenoxy) is 7. The van der Waals surface area contributed by atoms with Crippen LogP contribution < -0.4 is 9.47 Å². The van der Waals surface area contributed by atoms with Crippen molar-refractivity contribution in [3.05, 3.63) is 95.1 Å². The van der Waals surface area contributed by atoms with Crippen LogP contribution in [0.5, 0.6) is 11.5 Å². The molecule has 65 heavy (non-hydrogen) atoms. The molecule has 5 atom stereocenters. The summed E-state index contributed by atoms with van der Waals surface area (Å²) in [7, 11) is -4.37. The Kier molecular flexibility index (Phi) is 20.2. The molecule has 0 spiro atoms. The monoisotopic (exact) mass is 947 g/mol. The molecule has 3 aromatic carbocycles. The first-order chi connectivity index (χ1) is 31.1. The second-order valence-electron chi connectivity index (χ2n) is 14.8. The Balaban J connectivity index is 0.875. The van der Waals surface area contributed by atoms with Gasteiger partial charge >= 0.3 is 13.6 Å². The van der Waals surface area contributed by atoms with Gasteiger partial charge in [-0.25, -0.2) is 17.9 Å². The van der Waals surface area contributed by atoms with E-state index >= 15 is 0 Å². The number of rotatable bonds is 27. The first-order valence-electron chi connectivity index (χ1n) is 20.6. The molecule has 0 saturated carbocycles. The fraction of sp³-hybridized carbons (Fsp3) is 0.500. The number of aromatic nitrogens is 3. The highest BCUT2D eigenvalue weighted by atomic mass is 31.2. The van der Waals surface area contributed by atoms with Gasteiger partial charge in [-0.1, -0.05) is 41.6 Å².